The zero-order valence-electron chi connectivity index (χ0n) is 14.1. The van der Waals surface area contributed by atoms with Gasteiger partial charge in [-0.1, -0.05) is 19.1 Å². The van der Waals surface area contributed by atoms with E-state index in [9.17, 15) is 4.79 Å². The molecule has 0 saturated heterocycles. The first-order chi connectivity index (χ1) is 12.7. The normalized spacial score (nSPS) is 12.0. The molecule has 2 N–H and O–H groups in total. The van der Waals surface area contributed by atoms with Gasteiger partial charge in [0.15, 0.2) is 16.6 Å². The number of thiazole rings is 1. The van der Waals surface area contributed by atoms with Crippen LogP contribution in [0.15, 0.2) is 47.8 Å². The first-order valence-electron chi connectivity index (χ1n) is 8.24. The van der Waals surface area contributed by atoms with Crippen LogP contribution in [0.1, 0.15) is 13.3 Å². The van der Waals surface area contributed by atoms with Gasteiger partial charge in [-0.05, 0) is 24.3 Å². The molecule has 1 aromatic heterocycles. The molecule has 0 spiro atoms. The highest BCUT2D eigenvalue weighted by Crippen LogP contribution is 2.36. The molecule has 0 atom stereocenters. The van der Waals surface area contributed by atoms with Crippen LogP contribution in [0.2, 0.25) is 0 Å². The number of aromatic nitrogens is 1. The van der Waals surface area contributed by atoms with Crippen molar-refractivity contribution in [3.63, 3.8) is 0 Å². The standard InChI is InChI=1S/C19H17N3O3S/c1-2-18(23)20-13-5-3-12(4-6-13)15-10-26-19(22-15)21-14-7-8-16-17(9-14)25-11-24-16/h3-10H,2,11H2,1H3,(H,20,23)(H,21,22). The summed E-state index contributed by atoms with van der Waals surface area (Å²) in [4.78, 5) is 16.1. The van der Waals surface area contributed by atoms with E-state index in [1.807, 2.05) is 54.8 Å². The summed E-state index contributed by atoms with van der Waals surface area (Å²) in [7, 11) is 0. The Balaban J connectivity index is 1.46. The van der Waals surface area contributed by atoms with E-state index in [0.29, 0.717) is 6.42 Å². The van der Waals surface area contributed by atoms with E-state index in [0.717, 1.165) is 39.3 Å². The van der Waals surface area contributed by atoms with Gasteiger partial charge in [0.25, 0.3) is 0 Å². The molecule has 0 bridgehead atoms. The Bertz CT molecular complexity index is 937. The molecule has 0 unspecified atom stereocenters. The molecule has 3 aromatic rings. The lowest BCUT2D eigenvalue weighted by molar-refractivity contribution is -0.115. The maximum absolute atomic E-state index is 11.4. The van der Waals surface area contributed by atoms with Crippen molar-refractivity contribution in [2.45, 2.75) is 13.3 Å². The summed E-state index contributed by atoms with van der Waals surface area (Å²) in [6, 6.07) is 13.4. The largest absolute Gasteiger partial charge is 0.454 e. The third-order valence-electron chi connectivity index (χ3n) is 3.91. The van der Waals surface area contributed by atoms with Crippen LogP contribution >= 0.6 is 11.3 Å². The lowest BCUT2D eigenvalue weighted by atomic mass is 10.1. The highest BCUT2D eigenvalue weighted by molar-refractivity contribution is 7.14. The van der Waals surface area contributed by atoms with Crippen molar-refractivity contribution < 1.29 is 14.3 Å². The monoisotopic (exact) mass is 367 g/mol. The van der Waals surface area contributed by atoms with Crippen LogP contribution in [-0.4, -0.2) is 17.7 Å². The molecule has 7 heteroatoms. The Kier molecular flexibility index (Phi) is 4.45. The SMILES string of the molecule is CCC(=O)Nc1ccc(-c2csc(Nc3ccc4c(c3)OCO4)n2)cc1. The number of carbonyl (C=O) groups excluding carboxylic acids is 1. The molecule has 0 fully saturated rings. The topological polar surface area (TPSA) is 72.5 Å². The average molecular weight is 367 g/mol. The first kappa shape index (κ1) is 16.4. The number of nitrogens with one attached hydrogen (secondary N) is 2. The molecule has 1 amide bonds. The average Bonchev–Trinajstić information content (AvgIpc) is 3.31. The number of rotatable bonds is 5. The summed E-state index contributed by atoms with van der Waals surface area (Å²) in [6.07, 6.45) is 0.461. The Labute approximate surface area is 154 Å². The van der Waals surface area contributed by atoms with Crippen LogP contribution in [0, 0.1) is 0 Å². The molecule has 0 radical (unpaired) electrons. The summed E-state index contributed by atoms with van der Waals surface area (Å²) < 4.78 is 10.7. The molecule has 132 valence electrons. The van der Waals surface area contributed by atoms with E-state index in [1.165, 1.54) is 11.3 Å². The lowest BCUT2D eigenvalue weighted by Crippen LogP contribution is -2.08. The van der Waals surface area contributed by atoms with E-state index in [4.69, 9.17) is 9.47 Å². The Morgan fingerprint density at radius 2 is 1.88 bits per heavy atom. The molecule has 0 aliphatic carbocycles. The van der Waals surface area contributed by atoms with E-state index >= 15 is 0 Å². The highest BCUT2D eigenvalue weighted by Gasteiger charge is 2.14. The third kappa shape index (κ3) is 3.48. The fourth-order valence-corrected chi connectivity index (χ4v) is 3.28. The number of nitrogens with zero attached hydrogens (tertiary/aromatic N) is 1. The van der Waals surface area contributed by atoms with Crippen LogP contribution in [0.25, 0.3) is 11.3 Å². The molecule has 2 heterocycles. The molecule has 26 heavy (non-hydrogen) atoms. The van der Waals surface area contributed by atoms with Crippen molar-refractivity contribution in [3.05, 3.63) is 47.8 Å². The van der Waals surface area contributed by atoms with Crippen LogP contribution in [0.4, 0.5) is 16.5 Å². The predicted molar refractivity (Wildman–Crippen MR) is 102 cm³/mol. The molecule has 1 aliphatic heterocycles. The van der Waals surface area contributed by atoms with Gasteiger partial charge in [0.05, 0.1) is 5.69 Å². The predicted octanol–water partition coefficient (Wildman–Crippen LogP) is 4.63. The van der Waals surface area contributed by atoms with Gasteiger partial charge in [0, 0.05) is 34.8 Å². The van der Waals surface area contributed by atoms with Crippen molar-refractivity contribution >= 4 is 33.8 Å². The summed E-state index contributed by atoms with van der Waals surface area (Å²) in [5.41, 5.74) is 3.56. The van der Waals surface area contributed by atoms with E-state index < -0.39 is 0 Å². The van der Waals surface area contributed by atoms with Crippen LogP contribution in [0.3, 0.4) is 0 Å². The molecule has 0 saturated carbocycles. The molecular weight excluding hydrogens is 350 g/mol. The Morgan fingerprint density at radius 1 is 1.12 bits per heavy atom. The van der Waals surface area contributed by atoms with Crippen molar-refractivity contribution in [2.24, 2.45) is 0 Å². The van der Waals surface area contributed by atoms with Gasteiger partial charge in [0.2, 0.25) is 12.7 Å². The summed E-state index contributed by atoms with van der Waals surface area (Å²) in [5.74, 6) is 1.49. The third-order valence-corrected chi connectivity index (χ3v) is 4.67. The molecular formula is C19H17N3O3S. The molecule has 4 rings (SSSR count). The van der Waals surface area contributed by atoms with E-state index in [1.54, 1.807) is 0 Å². The Hall–Kier alpha value is -3.06. The number of ether oxygens (including phenoxy) is 2. The second-order valence-electron chi connectivity index (χ2n) is 5.71. The van der Waals surface area contributed by atoms with Gasteiger partial charge in [-0.2, -0.15) is 0 Å². The lowest BCUT2D eigenvalue weighted by Gasteiger charge is -2.05. The van der Waals surface area contributed by atoms with Gasteiger partial charge in [-0.3, -0.25) is 4.79 Å². The Morgan fingerprint density at radius 3 is 2.69 bits per heavy atom. The highest BCUT2D eigenvalue weighted by atomic mass is 32.1. The van der Waals surface area contributed by atoms with Crippen LogP contribution in [-0.2, 0) is 4.79 Å². The maximum Gasteiger partial charge on any atom is 0.231 e. The minimum absolute atomic E-state index is 0.00150. The van der Waals surface area contributed by atoms with Gasteiger partial charge >= 0.3 is 0 Å². The number of anilines is 3. The number of carbonyl (C=O) groups is 1. The van der Waals surface area contributed by atoms with Crippen molar-refractivity contribution in [1.29, 1.82) is 0 Å². The number of benzene rings is 2. The summed E-state index contributed by atoms with van der Waals surface area (Å²) in [5, 5.41) is 8.91. The fraction of sp³-hybridized carbons (Fsp3) is 0.158. The van der Waals surface area contributed by atoms with Gasteiger partial charge in [-0.25, -0.2) is 4.98 Å². The maximum atomic E-state index is 11.4. The number of hydrogen-bond donors (Lipinski definition) is 2. The minimum atomic E-state index is 0.00150. The van der Waals surface area contributed by atoms with Gasteiger partial charge in [-0.15, -0.1) is 11.3 Å². The smallest absolute Gasteiger partial charge is 0.231 e. The molecule has 6 nitrogen and oxygen atoms in total. The van der Waals surface area contributed by atoms with E-state index in [2.05, 4.69) is 15.6 Å². The van der Waals surface area contributed by atoms with Crippen molar-refractivity contribution in [3.8, 4) is 22.8 Å². The fourth-order valence-electron chi connectivity index (χ4n) is 2.54. The summed E-state index contributed by atoms with van der Waals surface area (Å²) in [6.45, 7) is 2.09. The summed E-state index contributed by atoms with van der Waals surface area (Å²) >= 11 is 1.53. The second kappa shape index (κ2) is 7.05. The zero-order chi connectivity index (χ0) is 17.9. The van der Waals surface area contributed by atoms with Crippen molar-refractivity contribution in [2.75, 3.05) is 17.4 Å². The van der Waals surface area contributed by atoms with Crippen LogP contribution in [0.5, 0.6) is 11.5 Å². The van der Waals surface area contributed by atoms with Gasteiger partial charge in [0.1, 0.15) is 0 Å². The van der Waals surface area contributed by atoms with Crippen molar-refractivity contribution in [1.82, 2.24) is 4.98 Å². The second-order valence-corrected chi connectivity index (χ2v) is 6.57. The minimum Gasteiger partial charge on any atom is -0.454 e. The van der Waals surface area contributed by atoms with Crippen LogP contribution < -0.4 is 20.1 Å². The number of amides is 1. The zero-order valence-corrected chi connectivity index (χ0v) is 14.9. The number of fused-ring (bicyclic) bond motifs is 1. The molecule has 1 aliphatic rings. The quantitative estimate of drug-likeness (QED) is 0.688. The molecule has 2 aromatic carbocycles. The first-order valence-corrected chi connectivity index (χ1v) is 9.12. The number of hydrogen-bond acceptors (Lipinski definition) is 6. The van der Waals surface area contributed by atoms with Gasteiger partial charge < -0.3 is 20.1 Å². The van der Waals surface area contributed by atoms with E-state index in [-0.39, 0.29) is 12.7 Å².